The largest absolute Gasteiger partial charge is 0.454 e. The van der Waals surface area contributed by atoms with Crippen molar-refractivity contribution in [3.8, 4) is 22.9 Å². The lowest BCUT2D eigenvalue weighted by Crippen LogP contribution is -2.27. The van der Waals surface area contributed by atoms with Gasteiger partial charge in [0.1, 0.15) is 6.54 Å². The number of H-pyrrole nitrogens is 1. The summed E-state index contributed by atoms with van der Waals surface area (Å²) in [7, 11) is 0. The zero-order valence-corrected chi connectivity index (χ0v) is 15.6. The first kappa shape index (κ1) is 17.6. The number of nitrogens with one attached hydrogen (secondary N) is 2. The fourth-order valence-electron chi connectivity index (χ4n) is 2.73. The molecule has 0 saturated heterocycles. The highest BCUT2D eigenvalue weighted by Gasteiger charge is 2.15. The van der Waals surface area contributed by atoms with Gasteiger partial charge in [0.05, 0.1) is 0 Å². The molecule has 138 valence electrons. The van der Waals surface area contributed by atoms with E-state index < -0.39 is 0 Å². The van der Waals surface area contributed by atoms with E-state index in [2.05, 4.69) is 15.5 Å². The third kappa shape index (κ3) is 3.81. The molecule has 1 amide bonds. The summed E-state index contributed by atoms with van der Waals surface area (Å²) >= 11 is 11.2. The van der Waals surface area contributed by atoms with Gasteiger partial charge in [0.15, 0.2) is 22.1 Å². The predicted octanol–water partition coefficient (Wildman–Crippen LogP) is 3.31. The fraction of sp³-hybridized carbons (Fsp3) is 0.167. The Hall–Kier alpha value is -2.84. The van der Waals surface area contributed by atoms with E-state index in [1.54, 1.807) is 16.7 Å². The number of aromatic nitrogens is 3. The summed E-state index contributed by atoms with van der Waals surface area (Å²) in [5.41, 5.74) is 1.73. The number of nitrogens with zero attached hydrogens (tertiary/aromatic N) is 2. The second-order valence-corrected chi connectivity index (χ2v) is 6.73. The Labute approximate surface area is 164 Å². The number of aromatic amines is 1. The van der Waals surface area contributed by atoms with Crippen molar-refractivity contribution in [2.45, 2.75) is 13.1 Å². The lowest BCUT2D eigenvalue weighted by atomic mass is 10.2. The van der Waals surface area contributed by atoms with Gasteiger partial charge >= 0.3 is 0 Å². The molecule has 2 heterocycles. The quantitative estimate of drug-likeness (QED) is 0.640. The minimum atomic E-state index is -0.180. The van der Waals surface area contributed by atoms with E-state index in [4.69, 9.17) is 33.3 Å². The molecule has 4 rings (SSSR count). The number of amides is 1. The zero-order chi connectivity index (χ0) is 18.8. The van der Waals surface area contributed by atoms with Gasteiger partial charge in [0.25, 0.3) is 0 Å². The Balaban J connectivity index is 1.45. The van der Waals surface area contributed by atoms with Crippen molar-refractivity contribution >= 4 is 29.7 Å². The zero-order valence-electron chi connectivity index (χ0n) is 14.1. The maximum Gasteiger partial charge on any atom is 0.240 e. The minimum Gasteiger partial charge on any atom is -0.454 e. The fourth-order valence-corrected chi connectivity index (χ4v) is 3.06. The molecule has 0 aliphatic carbocycles. The molecule has 0 atom stereocenters. The van der Waals surface area contributed by atoms with Crippen molar-refractivity contribution in [1.82, 2.24) is 20.1 Å². The van der Waals surface area contributed by atoms with E-state index in [-0.39, 0.29) is 19.2 Å². The number of rotatable bonds is 5. The van der Waals surface area contributed by atoms with E-state index in [1.807, 2.05) is 30.3 Å². The average Bonchev–Trinajstić information content (AvgIpc) is 3.27. The van der Waals surface area contributed by atoms with E-state index in [9.17, 15) is 4.79 Å². The number of fused-ring (bicyclic) bond motifs is 1. The molecule has 2 N–H and O–H groups in total. The summed E-state index contributed by atoms with van der Waals surface area (Å²) in [6.45, 7) is 0.645. The molecule has 0 bridgehead atoms. The summed E-state index contributed by atoms with van der Waals surface area (Å²) < 4.78 is 12.6. The van der Waals surface area contributed by atoms with Crippen LogP contribution in [0, 0.1) is 4.77 Å². The van der Waals surface area contributed by atoms with E-state index in [0.717, 1.165) is 11.1 Å². The van der Waals surface area contributed by atoms with Crippen molar-refractivity contribution < 1.29 is 14.3 Å². The highest BCUT2D eigenvalue weighted by atomic mass is 35.5. The first-order chi connectivity index (χ1) is 13.1. The molecule has 1 aliphatic heterocycles. The van der Waals surface area contributed by atoms with Gasteiger partial charge in [-0.25, -0.2) is 0 Å². The first-order valence-electron chi connectivity index (χ1n) is 8.16. The van der Waals surface area contributed by atoms with Crippen molar-refractivity contribution in [1.29, 1.82) is 0 Å². The molecule has 9 heteroatoms. The normalized spacial score (nSPS) is 12.2. The Morgan fingerprint density at radius 3 is 2.81 bits per heavy atom. The number of hydrogen-bond acceptors (Lipinski definition) is 5. The molecular formula is C18H15ClN4O3S. The molecule has 1 aromatic heterocycles. The molecule has 7 nitrogen and oxygen atoms in total. The van der Waals surface area contributed by atoms with Crippen LogP contribution in [0.4, 0.5) is 0 Å². The molecule has 0 spiro atoms. The van der Waals surface area contributed by atoms with Crippen LogP contribution in [0.5, 0.6) is 11.5 Å². The van der Waals surface area contributed by atoms with Crippen LogP contribution in [-0.2, 0) is 17.9 Å². The number of carbonyl (C=O) groups is 1. The van der Waals surface area contributed by atoms with Gasteiger partial charge < -0.3 is 14.8 Å². The van der Waals surface area contributed by atoms with E-state index in [1.165, 1.54) is 0 Å². The summed E-state index contributed by atoms with van der Waals surface area (Å²) in [5, 5.41) is 10.5. The van der Waals surface area contributed by atoms with Gasteiger partial charge in [0.2, 0.25) is 12.7 Å². The molecule has 27 heavy (non-hydrogen) atoms. The molecule has 3 aromatic rings. The van der Waals surface area contributed by atoms with Crippen molar-refractivity contribution in [2.24, 2.45) is 0 Å². The predicted molar refractivity (Wildman–Crippen MR) is 102 cm³/mol. The Bertz CT molecular complexity index is 1050. The molecule has 0 unspecified atom stereocenters. The maximum absolute atomic E-state index is 12.4. The standard InChI is InChI=1S/C18H15ClN4O3S/c19-13-4-2-12(3-5-13)17-21-22-18(27)23(17)9-16(24)20-8-11-1-6-14-15(7-11)26-10-25-14/h1-7H,8-10H2,(H,20,24)(H,22,27). The molecule has 2 aromatic carbocycles. The van der Waals surface area contributed by atoms with Crippen molar-refractivity contribution in [3.63, 3.8) is 0 Å². The van der Waals surface area contributed by atoms with Crippen LogP contribution in [0.15, 0.2) is 42.5 Å². The van der Waals surface area contributed by atoms with Gasteiger partial charge in [-0.05, 0) is 54.2 Å². The van der Waals surface area contributed by atoms with Crippen LogP contribution < -0.4 is 14.8 Å². The third-order valence-electron chi connectivity index (χ3n) is 4.09. The van der Waals surface area contributed by atoms with Crippen LogP contribution in [0.25, 0.3) is 11.4 Å². The second kappa shape index (κ2) is 7.42. The van der Waals surface area contributed by atoms with E-state index in [0.29, 0.717) is 33.7 Å². The highest BCUT2D eigenvalue weighted by Crippen LogP contribution is 2.32. The van der Waals surface area contributed by atoms with Crippen molar-refractivity contribution in [3.05, 3.63) is 57.8 Å². The van der Waals surface area contributed by atoms with E-state index >= 15 is 0 Å². The number of benzene rings is 2. The number of hydrogen-bond donors (Lipinski definition) is 2. The number of halogens is 1. The van der Waals surface area contributed by atoms with Gasteiger partial charge in [0, 0.05) is 17.1 Å². The van der Waals surface area contributed by atoms with Crippen LogP contribution in [0.2, 0.25) is 5.02 Å². The summed E-state index contributed by atoms with van der Waals surface area (Å²) in [4.78, 5) is 12.4. The second-order valence-electron chi connectivity index (χ2n) is 5.91. The Kier molecular flexibility index (Phi) is 4.83. The van der Waals surface area contributed by atoms with Gasteiger partial charge in [-0.3, -0.25) is 14.5 Å². The number of carbonyl (C=O) groups excluding carboxylic acids is 1. The Morgan fingerprint density at radius 1 is 1.22 bits per heavy atom. The molecule has 0 saturated carbocycles. The average molecular weight is 403 g/mol. The van der Waals surface area contributed by atoms with Gasteiger partial charge in [-0.2, -0.15) is 5.10 Å². The summed E-state index contributed by atoms with van der Waals surface area (Å²) in [6, 6.07) is 12.7. The number of ether oxygens (including phenoxy) is 2. The SMILES string of the molecule is O=C(Cn1c(-c2ccc(Cl)cc2)n[nH]c1=S)NCc1ccc2c(c1)OCO2. The lowest BCUT2D eigenvalue weighted by molar-refractivity contribution is -0.121. The Morgan fingerprint density at radius 2 is 2.00 bits per heavy atom. The summed E-state index contributed by atoms with van der Waals surface area (Å²) in [5.74, 6) is 1.79. The summed E-state index contributed by atoms with van der Waals surface area (Å²) in [6.07, 6.45) is 0. The van der Waals surface area contributed by atoms with Gasteiger partial charge in [-0.15, -0.1) is 0 Å². The van der Waals surface area contributed by atoms with Crippen LogP contribution in [0.1, 0.15) is 5.56 Å². The molecule has 1 aliphatic rings. The van der Waals surface area contributed by atoms with Crippen molar-refractivity contribution in [2.75, 3.05) is 6.79 Å². The van der Waals surface area contributed by atoms with Crippen LogP contribution in [-0.4, -0.2) is 27.5 Å². The first-order valence-corrected chi connectivity index (χ1v) is 8.95. The smallest absolute Gasteiger partial charge is 0.240 e. The lowest BCUT2D eigenvalue weighted by Gasteiger charge is -2.09. The molecule has 0 radical (unpaired) electrons. The van der Waals surface area contributed by atoms with Crippen LogP contribution >= 0.6 is 23.8 Å². The maximum atomic E-state index is 12.4. The molecular weight excluding hydrogens is 388 g/mol. The third-order valence-corrected chi connectivity index (χ3v) is 4.65. The minimum absolute atomic E-state index is 0.0534. The highest BCUT2D eigenvalue weighted by molar-refractivity contribution is 7.71. The monoisotopic (exact) mass is 402 g/mol. The van der Waals surface area contributed by atoms with Crippen LogP contribution in [0.3, 0.4) is 0 Å². The topological polar surface area (TPSA) is 81.2 Å². The molecule has 0 fully saturated rings. The van der Waals surface area contributed by atoms with Gasteiger partial charge in [-0.1, -0.05) is 17.7 Å².